The zero-order chi connectivity index (χ0) is 36.3. The Morgan fingerprint density at radius 1 is 1.14 bits per heavy atom. The lowest BCUT2D eigenvalue weighted by atomic mass is 9.89. The maximum absolute atomic E-state index is 15.6. The van der Waals surface area contributed by atoms with Crippen molar-refractivity contribution in [2.75, 3.05) is 30.3 Å². The third-order valence-electron chi connectivity index (χ3n) is 7.70. The number of hydrogen-bond donors (Lipinski definition) is 5. The van der Waals surface area contributed by atoms with Crippen LogP contribution in [-0.2, 0) is 10.3 Å². The summed E-state index contributed by atoms with van der Waals surface area (Å²) in [6.07, 6.45) is 6.80. The number of pyridine rings is 2. The van der Waals surface area contributed by atoms with E-state index in [9.17, 15) is 14.7 Å². The Morgan fingerprint density at radius 3 is 2.48 bits per heavy atom. The Kier molecular flexibility index (Phi) is 13.6. The summed E-state index contributed by atoms with van der Waals surface area (Å²) in [5.41, 5.74) is 5.19. The van der Waals surface area contributed by atoms with Crippen LogP contribution in [0.4, 0.5) is 20.7 Å². The number of carbonyl (C=O) groups excluding carboxylic acids is 2. The number of piperidine rings is 1. The molecule has 1 saturated heterocycles. The maximum atomic E-state index is 15.6. The van der Waals surface area contributed by atoms with Gasteiger partial charge in [-0.1, -0.05) is 73.8 Å². The van der Waals surface area contributed by atoms with Crippen molar-refractivity contribution in [3.8, 4) is 0 Å². The predicted octanol–water partition coefficient (Wildman–Crippen LogP) is 7.01. The monoisotopic (exact) mass is 723 g/mol. The number of rotatable bonds is 14. The fourth-order valence-corrected chi connectivity index (χ4v) is 7.08. The number of benzene rings is 1. The van der Waals surface area contributed by atoms with Crippen molar-refractivity contribution in [2.45, 2.75) is 75.5 Å². The average Bonchev–Trinajstić information content (AvgIpc) is 3.08. The molecular weight excluding hydrogens is 678 g/mol. The number of ether oxygens (including phenoxy) is 1. The van der Waals surface area contributed by atoms with Gasteiger partial charge in [-0.05, 0) is 63.8 Å². The van der Waals surface area contributed by atoms with Gasteiger partial charge in [0.15, 0.2) is 11.5 Å². The van der Waals surface area contributed by atoms with Crippen LogP contribution in [0.5, 0.6) is 0 Å². The number of likely N-dealkylation sites (tertiary alicyclic amines) is 1. The first kappa shape index (κ1) is 38.5. The number of thioether (sulfide) groups is 2. The van der Waals surface area contributed by atoms with Crippen molar-refractivity contribution in [1.82, 2.24) is 20.2 Å². The highest BCUT2D eigenvalue weighted by Crippen LogP contribution is 2.39. The topological polar surface area (TPSA) is 155 Å². The molecule has 3 aromatic rings. The molecule has 2 amide bonds. The average molecular weight is 724 g/mol. The normalized spacial score (nSPS) is 15.2. The quantitative estimate of drug-likeness (QED) is 0.109. The van der Waals surface area contributed by atoms with Crippen LogP contribution in [0.15, 0.2) is 87.9 Å². The van der Waals surface area contributed by atoms with E-state index >= 15 is 4.39 Å². The molecule has 0 bridgehead atoms. The molecule has 0 aliphatic carbocycles. The SMILES string of the molecule is C=C(Nc1ccc(NC2CCN(C(=O)OC(C)(C)C)CC2)cn1)S/C(=C\N)Sc1ccnc(C(=O)NCC(O)(CCC)c2ccccc2)c1F. The largest absolute Gasteiger partial charge is 0.444 e. The van der Waals surface area contributed by atoms with Crippen LogP contribution in [0.1, 0.15) is 69.4 Å². The van der Waals surface area contributed by atoms with Gasteiger partial charge < -0.3 is 36.4 Å². The number of hydrogen-bond acceptors (Lipinski definition) is 11. The summed E-state index contributed by atoms with van der Waals surface area (Å²) in [5, 5.41) is 21.0. The van der Waals surface area contributed by atoms with Crippen LogP contribution in [-0.4, -0.2) is 63.3 Å². The van der Waals surface area contributed by atoms with Gasteiger partial charge >= 0.3 is 6.09 Å². The van der Waals surface area contributed by atoms with Crippen LogP contribution < -0.4 is 21.7 Å². The molecule has 0 spiro atoms. The van der Waals surface area contributed by atoms with Crippen LogP contribution in [0.2, 0.25) is 0 Å². The highest BCUT2D eigenvalue weighted by molar-refractivity contribution is 8.24. The molecule has 1 atom stereocenters. The highest BCUT2D eigenvalue weighted by atomic mass is 32.2. The second-order valence-electron chi connectivity index (χ2n) is 12.9. The minimum absolute atomic E-state index is 0.0995. The molecule has 1 aliphatic rings. The third-order valence-corrected chi connectivity index (χ3v) is 9.76. The lowest BCUT2D eigenvalue weighted by Crippen LogP contribution is -2.44. The summed E-state index contributed by atoms with van der Waals surface area (Å²) in [5.74, 6) is -0.975. The van der Waals surface area contributed by atoms with Gasteiger partial charge in [0.2, 0.25) is 0 Å². The summed E-state index contributed by atoms with van der Waals surface area (Å²) >= 11 is 2.22. The van der Waals surface area contributed by atoms with Crippen molar-refractivity contribution in [1.29, 1.82) is 0 Å². The second kappa shape index (κ2) is 17.6. The smallest absolute Gasteiger partial charge is 0.410 e. The summed E-state index contributed by atoms with van der Waals surface area (Å²) in [4.78, 5) is 35.7. The molecule has 14 heteroatoms. The molecule has 1 aromatic carbocycles. The summed E-state index contributed by atoms with van der Waals surface area (Å²) in [6.45, 7) is 12.7. The van der Waals surface area contributed by atoms with Crippen molar-refractivity contribution in [3.63, 3.8) is 0 Å². The molecule has 1 aliphatic heterocycles. The lowest BCUT2D eigenvalue weighted by Gasteiger charge is -2.34. The minimum Gasteiger partial charge on any atom is -0.444 e. The van der Waals surface area contributed by atoms with E-state index in [4.69, 9.17) is 10.5 Å². The lowest BCUT2D eigenvalue weighted by molar-refractivity contribution is 0.0210. The molecule has 1 fully saturated rings. The van der Waals surface area contributed by atoms with Crippen LogP contribution in [0, 0.1) is 5.82 Å². The fraction of sp³-hybridized carbons (Fsp3) is 0.389. The summed E-state index contributed by atoms with van der Waals surface area (Å²) < 4.78 is 21.5. The zero-order valence-corrected chi connectivity index (χ0v) is 30.5. The number of carbonyl (C=O) groups is 2. The Morgan fingerprint density at radius 2 is 1.86 bits per heavy atom. The molecule has 11 nitrogen and oxygen atoms in total. The Balaban J connectivity index is 1.27. The third kappa shape index (κ3) is 11.1. The van der Waals surface area contributed by atoms with Crippen molar-refractivity contribution < 1.29 is 23.8 Å². The first-order valence-corrected chi connectivity index (χ1v) is 18.1. The van der Waals surface area contributed by atoms with Crippen molar-refractivity contribution in [2.24, 2.45) is 5.73 Å². The second-order valence-corrected chi connectivity index (χ2v) is 15.3. The summed E-state index contributed by atoms with van der Waals surface area (Å²) in [7, 11) is 0. The van der Waals surface area contributed by atoms with E-state index < -0.39 is 22.9 Å². The maximum Gasteiger partial charge on any atom is 0.410 e. The van der Waals surface area contributed by atoms with Crippen LogP contribution in [0.3, 0.4) is 0 Å². The number of nitrogens with zero attached hydrogens (tertiary/aromatic N) is 3. The van der Waals surface area contributed by atoms with Gasteiger partial charge in [0.1, 0.15) is 17.0 Å². The Labute approximate surface area is 301 Å². The molecule has 1 unspecified atom stereocenters. The van der Waals surface area contributed by atoms with E-state index in [0.717, 1.165) is 30.3 Å². The van der Waals surface area contributed by atoms with Crippen LogP contribution in [0.25, 0.3) is 0 Å². The highest BCUT2D eigenvalue weighted by Gasteiger charge is 2.30. The number of halogens is 1. The molecule has 4 rings (SSSR count). The Bertz CT molecular complexity index is 1650. The van der Waals surface area contributed by atoms with Gasteiger partial charge in [-0.25, -0.2) is 19.2 Å². The number of amides is 2. The molecule has 268 valence electrons. The number of aromatic nitrogens is 2. The van der Waals surface area contributed by atoms with Gasteiger partial charge in [-0.3, -0.25) is 4.79 Å². The van der Waals surface area contributed by atoms with E-state index in [2.05, 4.69) is 32.5 Å². The van der Waals surface area contributed by atoms with E-state index in [1.54, 1.807) is 23.2 Å². The summed E-state index contributed by atoms with van der Waals surface area (Å²) in [6, 6.07) is 14.5. The van der Waals surface area contributed by atoms with E-state index in [1.165, 1.54) is 30.2 Å². The molecule has 0 radical (unpaired) electrons. The number of nitrogens with one attached hydrogen (secondary N) is 3. The fourth-order valence-electron chi connectivity index (χ4n) is 5.28. The minimum atomic E-state index is -1.30. The predicted molar refractivity (Wildman–Crippen MR) is 199 cm³/mol. The van der Waals surface area contributed by atoms with E-state index in [-0.39, 0.29) is 29.3 Å². The first-order chi connectivity index (χ1) is 23.8. The number of aliphatic hydroxyl groups is 1. The molecule has 3 heterocycles. The number of anilines is 2. The van der Waals surface area contributed by atoms with E-state index in [1.807, 2.05) is 58.0 Å². The Hall–Kier alpha value is -4.27. The molecule has 6 N–H and O–H groups in total. The van der Waals surface area contributed by atoms with Gasteiger partial charge in [0, 0.05) is 31.5 Å². The van der Waals surface area contributed by atoms with Crippen molar-refractivity contribution in [3.05, 3.63) is 100 Å². The number of nitrogens with two attached hydrogens (primary N) is 1. The zero-order valence-electron chi connectivity index (χ0n) is 28.9. The van der Waals surface area contributed by atoms with Gasteiger partial charge in [-0.2, -0.15) is 0 Å². The van der Waals surface area contributed by atoms with Gasteiger partial charge in [0.05, 0.1) is 32.6 Å². The first-order valence-electron chi connectivity index (χ1n) is 16.4. The van der Waals surface area contributed by atoms with Crippen LogP contribution >= 0.6 is 23.5 Å². The van der Waals surface area contributed by atoms with Gasteiger partial charge in [0.25, 0.3) is 5.91 Å². The molecule has 2 aromatic heterocycles. The molecular formula is C36H46FN7O4S2. The van der Waals surface area contributed by atoms with Crippen molar-refractivity contribution >= 4 is 47.0 Å². The molecule has 50 heavy (non-hydrogen) atoms. The van der Waals surface area contributed by atoms with Gasteiger partial charge in [-0.15, -0.1) is 0 Å². The standard InChI is InChI=1S/C36H46FN7O4S2/c1-6-17-36(47,25-10-8-7-9-11-25)23-41-33(45)32-31(37)28(14-18-39-32)50-30(21-38)49-24(2)42-29-13-12-27(22-40-29)43-26-15-19-44(20-16-26)34(46)48-35(3,4)5/h7-14,18,21-22,26,43,47H,2,6,15-17,19-20,23,38H2,1,3-5H3,(H,40,42)(H,41,45)/b30-21+. The van der Waals surface area contributed by atoms with E-state index in [0.29, 0.717) is 46.6 Å². The molecule has 0 saturated carbocycles.